The van der Waals surface area contributed by atoms with Crippen LogP contribution < -0.4 is 10.1 Å². The second kappa shape index (κ2) is 9.21. The van der Waals surface area contributed by atoms with Crippen molar-refractivity contribution in [3.8, 4) is 5.88 Å². The number of pyridine rings is 1. The Labute approximate surface area is 171 Å². The summed E-state index contributed by atoms with van der Waals surface area (Å²) in [6.45, 7) is 5.79. The molecule has 2 aliphatic heterocycles. The first-order valence-corrected chi connectivity index (χ1v) is 10.6. The number of nitrogens with one attached hydrogen (secondary N) is 1. The fourth-order valence-electron chi connectivity index (χ4n) is 4.17. The molecule has 1 aromatic carbocycles. The maximum absolute atomic E-state index is 13.5. The van der Waals surface area contributed by atoms with Crippen LogP contribution in [0.2, 0.25) is 5.02 Å². The van der Waals surface area contributed by atoms with Gasteiger partial charge in [0.1, 0.15) is 5.82 Å². The molecule has 0 amide bonds. The highest BCUT2D eigenvalue weighted by atomic mass is 35.5. The normalized spacial score (nSPS) is 20.0. The van der Waals surface area contributed by atoms with Gasteiger partial charge in [0.2, 0.25) is 5.88 Å². The van der Waals surface area contributed by atoms with Gasteiger partial charge in [-0.3, -0.25) is 0 Å². The molecule has 28 heavy (non-hydrogen) atoms. The van der Waals surface area contributed by atoms with Gasteiger partial charge in [0.25, 0.3) is 0 Å². The molecule has 1 saturated heterocycles. The van der Waals surface area contributed by atoms with E-state index in [2.05, 4.69) is 15.2 Å². The van der Waals surface area contributed by atoms with E-state index in [1.165, 1.54) is 44.0 Å². The number of ether oxygens (including phenoxy) is 1. The van der Waals surface area contributed by atoms with E-state index >= 15 is 0 Å². The number of nitrogens with zero attached hydrogens (tertiary/aromatic N) is 2. The summed E-state index contributed by atoms with van der Waals surface area (Å²) in [6.07, 6.45) is 6.93. The summed E-state index contributed by atoms with van der Waals surface area (Å²) in [7, 11) is 0. The number of benzene rings is 1. The van der Waals surface area contributed by atoms with Crippen LogP contribution in [0.1, 0.15) is 48.3 Å². The number of hydrogen-bond donors (Lipinski definition) is 1. The molecule has 6 heteroatoms. The van der Waals surface area contributed by atoms with Crippen LogP contribution in [0.25, 0.3) is 0 Å². The van der Waals surface area contributed by atoms with Gasteiger partial charge in [-0.25, -0.2) is 9.37 Å². The lowest BCUT2D eigenvalue weighted by atomic mass is 9.87. The standard InChI is InChI=1S/C22H27ClFN3O/c23-20-11-16(5-6-21(20)24)18-14-25-13-17-12-22(26-15-19(17)18)28-10-4-9-27-7-2-1-3-8-27/h5-6,11-12,15,18,25H,1-4,7-10,13-14H2. The number of piperidine rings is 1. The smallest absolute Gasteiger partial charge is 0.213 e. The maximum Gasteiger partial charge on any atom is 0.213 e. The van der Waals surface area contributed by atoms with E-state index in [0.717, 1.165) is 37.2 Å². The molecule has 2 aliphatic rings. The molecule has 4 nitrogen and oxygen atoms in total. The molecule has 1 N–H and O–H groups in total. The minimum atomic E-state index is -0.388. The Morgan fingerprint density at radius 1 is 1.21 bits per heavy atom. The van der Waals surface area contributed by atoms with E-state index in [1.807, 2.05) is 12.3 Å². The molecular weight excluding hydrogens is 377 g/mol. The quantitative estimate of drug-likeness (QED) is 0.727. The van der Waals surface area contributed by atoms with Crippen molar-refractivity contribution in [2.45, 2.75) is 38.1 Å². The minimum Gasteiger partial charge on any atom is -0.478 e. The monoisotopic (exact) mass is 403 g/mol. The summed E-state index contributed by atoms with van der Waals surface area (Å²) in [5.41, 5.74) is 3.33. The molecule has 4 rings (SSSR count). The number of halogens is 2. The number of fused-ring (bicyclic) bond motifs is 1. The summed E-state index contributed by atoms with van der Waals surface area (Å²) in [6, 6.07) is 6.97. The van der Waals surface area contributed by atoms with Crippen molar-refractivity contribution in [2.24, 2.45) is 0 Å². The average Bonchev–Trinajstić information content (AvgIpc) is 2.73. The lowest BCUT2D eigenvalue weighted by molar-refractivity contribution is 0.203. The SMILES string of the molecule is Fc1ccc(C2CNCc3cc(OCCCN4CCCCC4)ncc32)cc1Cl. The van der Waals surface area contributed by atoms with Crippen molar-refractivity contribution >= 4 is 11.6 Å². The van der Waals surface area contributed by atoms with E-state index in [-0.39, 0.29) is 16.8 Å². The molecule has 0 saturated carbocycles. The zero-order valence-electron chi connectivity index (χ0n) is 16.1. The predicted octanol–water partition coefficient (Wildman–Crippen LogP) is 4.36. The maximum atomic E-state index is 13.5. The Morgan fingerprint density at radius 3 is 2.89 bits per heavy atom. The average molecular weight is 404 g/mol. The summed E-state index contributed by atoms with van der Waals surface area (Å²) < 4.78 is 19.4. The van der Waals surface area contributed by atoms with Crippen molar-refractivity contribution in [1.29, 1.82) is 0 Å². The highest BCUT2D eigenvalue weighted by Gasteiger charge is 2.23. The Kier molecular flexibility index (Phi) is 6.45. The molecular formula is C22H27ClFN3O. The summed E-state index contributed by atoms with van der Waals surface area (Å²) in [4.78, 5) is 7.04. The summed E-state index contributed by atoms with van der Waals surface area (Å²) >= 11 is 5.98. The molecule has 150 valence electrons. The molecule has 0 aliphatic carbocycles. The van der Waals surface area contributed by atoms with Crippen LogP contribution in [0.5, 0.6) is 5.88 Å². The van der Waals surface area contributed by atoms with E-state index < -0.39 is 0 Å². The van der Waals surface area contributed by atoms with Crippen LogP contribution in [0, 0.1) is 5.82 Å². The van der Waals surface area contributed by atoms with Gasteiger partial charge in [-0.15, -0.1) is 0 Å². The third kappa shape index (κ3) is 4.65. The van der Waals surface area contributed by atoms with Crippen molar-refractivity contribution in [3.63, 3.8) is 0 Å². The van der Waals surface area contributed by atoms with Crippen molar-refractivity contribution < 1.29 is 9.13 Å². The van der Waals surface area contributed by atoms with E-state index in [1.54, 1.807) is 12.1 Å². The lowest BCUT2D eigenvalue weighted by Gasteiger charge is -2.27. The Bertz CT molecular complexity index is 810. The summed E-state index contributed by atoms with van der Waals surface area (Å²) in [5.74, 6) is 0.403. The van der Waals surface area contributed by atoms with Crippen molar-refractivity contribution in [3.05, 3.63) is 58.0 Å². The topological polar surface area (TPSA) is 37.4 Å². The van der Waals surface area contributed by atoms with Gasteiger partial charge < -0.3 is 15.0 Å². The van der Waals surface area contributed by atoms with Gasteiger partial charge in [-0.1, -0.05) is 24.1 Å². The zero-order chi connectivity index (χ0) is 19.3. The molecule has 1 aromatic heterocycles. The first-order chi connectivity index (χ1) is 13.7. The summed E-state index contributed by atoms with van der Waals surface area (Å²) in [5, 5.41) is 3.59. The molecule has 3 heterocycles. The van der Waals surface area contributed by atoms with Gasteiger partial charge in [0, 0.05) is 37.8 Å². The Morgan fingerprint density at radius 2 is 2.07 bits per heavy atom. The van der Waals surface area contributed by atoms with Gasteiger partial charge in [0.15, 0.2) is 0 Å². The third-order valence-corrected chi connectivity index (χ3v) is 5.99. The molecule has 1 fully saturated rings. The number of likely N-dealkylation sites (tertiary alicyclic amines) is 1. The van der Waals surface area contributed by atoms with Gasteiger partial charge in [-0.05, 0) is 61.2 Å². The number of rotatable bonds is 6. The van der Waals surface area contributed by atoms with Crippen molar-refractivity contribution in [2.75, 3.05) is 32.8 Å². The van der Waals surface area contributed by atoms with Crippen LogP contribution in [0.3, 0.4) is 0 Å². The van der Waals surface area contributed by atoms with E-state index in [4.69, 9.17) is 16.3 Å². The molecule has 1 unspecified atom stereocenters. The second-order valence-corrected chi connectivity index (χ2v) is 8.09. The predicted molar refractivity (Wildman–Crippen MR) is 110 cm³/mol. The Balaban J connectivity index is 1.38. The van der Waals surface area contributed by atoms with Crippen LogP contribution in [0.4, 0.5) is 4.39 Å². The van der Waals surface area contributed by atoms with Crippen LogP contribution in [-0.2, 0) is 6.54 Å². The highest BCUT2D eigenvalue weighted by Crippen LogP contribution is 2.32. The lowest BCUT2D eigenvalue weighted by Crippen LogP contribution is -2.31. The largest absolute Gasteiger partial charge is 0.478 e. The third-order valence-electron chi connectivity index (χ3n) is 5.70. The number of hydrogen-bond acceptors (Lipinski definition) is 4. The highest BCUT2D eigenvalue weighted by molar-refractivity contribution is 6.30. The van der Waals surface area contributed by atoms with Crippen LogP contribution in [-0.4, -0.2) is 42.7 Å². The minimum absolute atomic E-state index is 0.113. The number of aromatic nitrogens is 1. The molecule has 0 bridgehead atoms. The van der Waals surface area contributed by atoms with Crippen LogP contribution >= 0.6 is 11.6 Å². The molecule has 0 radical (unpaired) electrons. The molecule has 1 atom stereocenters. The zero-order valence-corrected chi connectivity index (χ0v) is 16.8. The van der Waals surface area contributed by atoms with Gasteiger partial charge in [0.05, 0.1) is 11.6 Å². The second-order valence-electron chi connectivity index (χ2n) is 7.68. The first-order valence-electron chi connectivity index (χ1n) is 10.2. The van der Waals surface area contributed by atoms with Crippen LogP contribution in [0.15, 0.2) is 30.5 Å². The van der Waals surface area contributed by atoms with Gasteiger partial charge >= 0.3 is 0 Å². The van der Waals surface area contributed by atoms with E-state index in [0.29, 0.717) is 12.5 Å². The molecule has 0 spiro atoms. The van der Waals surface area contributed by atoms with E-state index in [9.17, 15) is 4.39 Å². The molecule has 2 aromatic rings. The fraction of sp³-hybridized carbons (Fsp3) is 0.500. The van der Waals surface area contributed by atoms with Gasteiger partial charge in [-0.2, -0.15) is 0 Å². The fourth-order valence-corrected chi connectivity index (χ4v) is 4.36. The first kappa shape index (κ1) is 19.6. The van der Waals surface area contributed by atoms with Crippen molar-refractivity contribution in [1.82, 2.24) is 15.2 Å². The Hall–Kier alpha value is -1.69.